The molecule has 0 aliphatic heterocycles. The molecule has 0 spiro atoms. The van der Waals surface area contributed by atoms with Crippen LogP contribution in [0.1, 0.15) is 5.56 Å². The predicted molar refractivity (Wildman–Crippen MR) is 52.0 cm³/mol. The van der Waals surface area contributed by atoms with Crippen LogP contribution in [0.3, 0.4) is 0 Å². The minimum Gasteiger partial charge on any atom is -0.152 e. The summed E-state index contributed by atoms with van der Waals surface area (Å²) < 4.78 is 2.17. The minimum atomic E-state index is 0.894. The minimum absolute atomic E-state index is 0.894. The molecule has 0 aliphatic carbocycles. The number of aryl methyl sites for hydroxylation is 1. The van der Waals surface area contributed by atoms with Crippen molar-refractivity contribution in [3.8, 4) is 0 Å². The molecule has 0 saturated heterocycles. The summed E-state index contributed by atoms with van der Waals surface area (Å²) in [4.78, 5) is 0. The Morgan fingerprint density at radius 2 is 2.09 bits per heavy atom. The Morgan fingerprint density at radius 3 is 2.91 bits per heavy atom. The van der Waals surface area contributed by atoms with E-state index in [1.165, 1.54) is 15.6 Å². The first-order valence-corrected chi connectivity index (χ1v) is 4.33. The SMILES string of the molecule is [B]c1cc2cc(C)ccc2s1. The number of fused-ring (bicyclic) bond motifs is 1. The largest absolute Gasteiger partial charge is 0.152 e. The maximum atomic E-state index is 5.66. The number of benzene rings is 1. The van der Waals surface area contributed by atoms with Crippen molar-refractivity contribution in [2.24, 2.45) is 0 Å². The Kier molecular flexibility index (Phi) is 1.50. The Balaban J connectivity index is 2.82. The lowest BCUT2D eigenvalue weighted by molar-refractivity contribution is 1.52. The van der Waals surface area contributed by atoms with Crippen molar-refractivity contribution < 1.29 is 0 Å². The fraction of sp³-hybridized carbons (Fsp3) is 0.111. The highest BCUT2D eigenvalue weighted by Gasteiger charge is 1.96. The van der Waals surface area contributed by atoms with Crippen molar-refractivity contribution in [2.75, 3.05) is 0 Å². The molecule has 11 heavy (non-hydrogen) atoms. The van der Waals surface area contributed by atoms with Gasteiger partial charge in [0.05, 0.1) is 0 Å². The standard InChI is InChI=1S/C9H7BS/c1-6-2-3-8-7(4-6)5-9(10)11-8/h2-5H,1H3. The molecule has 0 bridgehead atoms. The summed E-state index contributed by atoms with van der Waals surface area (Å²) in [6.07, 6.45) is 0. The first-order valence-electron chi connectivity index (χ1n) is 3.51. The van der Waals surface area contributed by atoms with Gasteiger partial charge in [-0.3, -0.25) is 0 Å². The summed E-state index contributed by atoms with van der Waals surface area (Å²) in [6, 6.07) is 8.40. The van der Waals surface area contributed by atoms with Gasteiger partial charge in [-0.15, -0.1) is 0 Å². The average Bonchev–Trinajstić information content (AvgIpc) is 2.27. The first kappa shape index (κ1) is 6.92. The third-order valence-electron chi connectivity index (χ3n) is 1.69. The zero-order chi connectivity index (χ0) is 7.84. The Labute approximate surface area is 71.3 Å². The van der Waals surface area contributed by atoms with Gasteiger partial charge in [0.25, 0.3) is 0 Å². The number of hydrogen-bond acceptors (Lipinski definition) is 1. The fourth-order valence-electron chi connectivity index (χ4n) is 1.18. The van der Waals surface area contributed by atoms with Crippen LogP contribution in [0.25, 0.3) is 10.1 Å². The smallest absolute Gasteiger partial charge is 0.128 e. The van der Waals surface area contributed by atoms with E-state index < -0.39 is 0 Å². The second kappa shape index (κ2) is 2.38. The molecule has 2 radical (unpaired) electrons. The van der Waals surface area contributed by atoms with Gasteiger partial charge in [-0.25, -0.2) is 0 Å². The van der Waals surface area contributed by atoms with Crippen molar-refractivity contribution in [1.82, 2.24) is 0 Å². The molecular formula is C9H7BS. The van der Waals surface area contributed by atoms with Crippen molar-refractivity contribution >= 4 is 34.0 Å². The fourth-order valence-corrected chi connectivity index (χ4v) is 1.99. The molecule has 0 aliphatic rings. The van der Waals surface area contributed by atoms with Gasteiger partial charge in [0.1, 0.15) is 7.85 Å². The van der Waals surface area contributed by atoms with Crippen molar-refractivity contribution in [2.45, 2.75) is 6.92 Å². The van der Waals surface area contributed by atoms with E-state index in [-0.39, 0.29) is 0 Å². The van der Waals surface area contributed by atoms with Crippen LogP contribution < -0.4 is 4.78 Å². The monoisotopic (exact) mass is 158 g/mol. The Hall–Kier alpha value is -0.755. The van der Waals surface area contributed by atoms with Crippen LogP contribution in [0.5, 0.6) is 0 Å². The van der Waals surface area contributed by atoms with Gasteiger partial charge in [-0.05, 0) is 23.2 Å². The molecule has 0 amide bonds. The molecule has 1 aromatic carbocycles. The lowest BCUT2D eigenvalue weighted by Crippen LogP contribution is -1.88. The summed E-state index contributed by atoms with van der Waals surface area (Å²) in [6.45, 7) is 2.09. The molecule has 0 fully saturated rings. The summed E-state index contributed by atoms with van der Waals surface area (Å²) in [7, 11) is 5.66. The second-order valence-corrected chi connectivity index (χ2v) is 3.81. The summed E-state index contributed by atoms with van der Waals surface area (Å²) in [5, 5.41) is 1.26. The zero-order valence-corrected chi connectivity index (χ0v) is 7.11. The molecule has 0 nitrogen and oxygen atoms in total. The molecule has 1 aromatic heterocycles. The molecule has 0 N–H and O–H groups in total. The molecule has 2 aromatic rings. The molecule has 2 rings (SSSR count). The maximum Gasteiger partial charge on any atom is 0.128 e. The molecule has 52 valence electrons. The molecule has 0 unspecified atom stereocenters. The van der Waals surface area contributed by atoms with E-state index in [2.05, 4.69) is 25.1 Å². The quantitative estimate of drug-likeness (QED) is 0.514. The van der Waals surface area contributed by atoms with E-state index in [0.29, 0.717) is 0 Å². The van der Waals surface area contributed by atoms with E-state index in [4.69, 9.17) is 7.85 Å². The number of thiophene rings is 1. The third-order valence-corrected chi connectivity index (χ3v) is 2.64. The highest BCUT2D eigenvalue weighted by atomic mass is 32.1. The van der Waals surface area contributed by atoms with Gasteiger partial charge < -0.3 is 0 Å². The van der Waals surface area contributed by atoms with Crippen molar-refractivity contribution in [3.05, 3.63) is 29.8 Å². The van der Waals surface area contributed by atoms with Gasteiger partial charge in [-0.1, -0.05) is 23.8 Å². The predicted octanol–water partition coefficient (Wildman–Crippen LogP) is 2.00. The van der Waals surface area contributed by atoms with Crippen LogP contribution in [0.2, 0.25) is 0 Å². The summed E-state index contributed by atoms with van der Waals surface area (Å²) in [5.74, 6) is 0. The van der Waals surface area contributed by atoms with E-state index in [0.717, 1.165) is 4.78 Å². The summed E-state index contributed by atoms with van der Waals surface area (Å²) >= 11 is 1.64. The lowest BCUT2D eigenvalue weighted by Gasteiger charge is -1.90. The summed E-state index contributed by atoms with van der Waals surface area (Å²) in [5.41, 5.74) is 1.29. The molecule has 0 atom stereocenters. The molecule has 1 heterocycles. The Bertz CT molecular complexity index is 389. The van der Waals surface area contributed by atoms with Gasteiger partial charge >= 0.3 is 0 Å². The van der Waals surface area contributed by atoms with Crippen LogP contribution in [0.15, 0.2) is 24.3 Å². The topological polar surface area (TPSA) is 0 Å². The molecule has 2 heteroatoms. The van der Waals surface area contributed by atoms with Crippen LogP contribution in [-0.4, -0.2) is 7.85 Å². The molecule has 0 saturated carbocycles. The van der Waals surface area contributed by atoms with Crippen LogP contribution in [-0.2, 0) is 0 Å². The van der Waals surface area contributed by atoms with E-state index >= 15 is 0 Å². The zero-order valence-electron chi connectivity index (χ0n) is 6.29. The van der Waals surface area contributed by atoms with Crippen LogP contribution in [0, 0.1) is 6.92 Å². The number of rotatable bonds is 0. The average molecular weight is 158 g/mol. The first-order chi connectivity index (χ1) is 5.25. The third kappa shape index (κ3) is 1.18. The van der Waals surface area contributed by atoms with Gasteiger partial charge in [0.15, 0.2) is 0 Å². The van der Waals surface area contributed by atoms with Crippen molar-refractivity contribution in [3.63, 3.8) is 0 Å². The highest BCUT2D eigenvalue weighted by molar-refractivity contribution is 7.26. The lowest BCUT2D eigenvalue weighted by atomic mass is 10.1. The van der Waals surface area contributed by atoms with E-state index in [9.17, 15) is 0 Å². The Morgan fingerprint density at radius 1 is 1.27 bits per heavy atom. The normalized spacial score (nSPS) is 10.6. The van der Waals surface area contributed by atoms with Crippen molar-refractivity contribution in [1.29, 1.82) is 0 Å². The van der Waals surface area contributed by atoms with Gasteiger partial charge in [0, 0.05) is 4.70 Å². The van der Waals surface area contributed by atoms with Crippen LogP contribution >= 0.6 is 11.3 Å². The second-order valence-electron chi connectivity index (χ2n) is 2.69. The molecular weight excluding hydrogens is 151 g/mol. The highest BCUT2D eigenvalue weighted by Crippen LogP contribution is 2.19. The maximum absolute atomic E-state index is 5.66. The van der Waals surface area contributed by atoms with E-state index in [1.807, 2.05) is 6.07 Å². The number of hydrogen-bond donors (Lipinski definition) is 0. The van der Waals surface area contributed by atoms with Gasteiger partial charge in [-0.2, -0.15) is 11.3 Å². The van der Waals surface area contributed by atoms with Gasteiger partial charge in [0.2, 0.25) is 0 Å². The van der Waals surface area contributed by atoms with E-state index in [1.54, 1.807) is 11.3 Å². The van der Waals surface area contributed by atoms with Crippen LogP contribution in [0.4, 0.5) is 0 Å².